The molecule has 1 aliphatic rings. The maximum Gasteiger partial charge on any atom is 0.339 e. The van der Waals surface area contributed by atoms with Crippen LogP contribution in [0.5, 0.6) is 0 Å². The number of aromatic amines is 4. The highest BCUT2D eigenvalue weighted by Crippen LogP contribution is 2.61. The van der Waals surface area contributed by atoms with Crippen molar-refractivity contribution < 1.29 is 23.7 Å². The number of nitrogens with one attached hydrogen (secondary N) is 6. The van der Waals surface area contributed by atoms with Crippen molar-refractivity contribution in [2.24, 2.45) is 23.4 Å². The Hall–Kier alpha value is -8.76. The predicted molar refractivity (Wildman–Crippen MR) is 367 cm³/mol. The van der Waals surface area contributed by atoms with Gasteiger partial charge in [-0.05, 0) is 182 Å². The number of anilines is 4. The zero-order valence-corrected chi connectivity index (χ0v) is 54.8. The number of ketones is 1. The number of nitrogen functional groups attached to an aromatic ring is 3. The standard InChI is InChI=1S/C19H18N4O.C13H16O3.C9H9NO.C8H7ClN2.C8H10N4.C7H10N2.Cl3OP.H4N2/c1-12-7-6-10-16-17(12)21-19(20-16)23-18(24)15(13(2)22-23)11-14-8-4-3-5-9-14;1-3-16-13(15)12(10(2)14)9-11-7-5-4-6-8-11;1-6-3-2-4-8-7(6)5-9(11)10-8;1-5-3-2-4-6-7(5)11-8(9)10-6;1-5-3-2-4-6-7(5)11-8(10-6)12-9;1-5-3-2-4-6(8)7(5)9;1-5(2,3)4;1-2/h3-10,22H,11H2,1-2H3,(H,20,21);4-8,12H,3,9H2,1-2H3;2-4H,5H2,1H3,(H,10,11);2-4H,1H3,(H,10,11);2-4H,9H2,1H3,(H2,10,11,12);2-4H,8-9H2,1H3;;1-2H2. The van der Waals surface area contributed by atoms with Crippen LogP contribution in [0.4, 0.5) is 23.0 Å². The van der Waals surface area contributed by atoms with Gasteiger partial charge in [0, 0.05) is 23.4 Å². The highest BCUT2D eigenvalue weighted by Gasteiger charge is 2.25. The second-order valence-electron chi connectivity index (χ2n) is 20.2. The van der Waals surface area contributed by atoms with Crippen LogP contribution < -0.4 is 45.3 Å². The minimum Gasteiger partial charge on any atom is -0.465 e. The van der Waals surface area contributed by atoms with Crippen LogP contribution >= 0.6 is 50.5 Å². The first-order chi connectivity index (χ1) is 42.8. The van der Waals surface area contributed by atoms with Gasteiger partial charge in [-0.1, -0.05) is 121 Å². The van der Waals surface area contributed by atoms with E-state index < -0.39 is 17.1 Å². The van der Waals surface area contributed by atoms with E-state index in [9.17, 15) is 23.7 Å². The number of hydrazine groups is 2. The molecule has 0 aliphatic carbocycles. The third-order valence-electron chi connectivity index (χ3n) is 13.6. The van der Waals surface area contributed by atoms with Crippen LogP contribution in [-0.2, 0) is 42.9 Å². The van der Waals surface area contributed by atoms with Gasteiger partial charge in [0.15, 0.2) is 0 Å². The number of hydrogen-bond acceptors (Lipinski definition) is 15. The first-order valence-corrected chi connectivity index (χ1v) is 32.7. The summed E-state index contributed by atoms with van der Waals surface area (Å²) in [6, 6.07) is 48.9. The second-order valence-corrected chi connectivity index (χ2v) is 27.2. The van der Waals surface area contributed by atoms with E-state index in [-0.39, 0.29) is 17.2 Å². The fourth-order valence-corrected chi connectivity index (χ4v) is 9.18. The van der Waals surface area contributed by atoms with Crippen molar-refractivity contribution in [3.8, 4) is 5.95 Å². The number of imidazole rings is 3. The van der Waals surface area contributed by atoms with Crippen molar-refractivity contribution >= 4 is 124 Å². The molecule has 0 spiro atoms. The minimum atomic E-state index is -3.22. The number of nitrogens with zero attached hydrogens (tertiary/aromatic N) is 4. The maximum absolute atomic E-state index is 12.8. The Morgan fingerprint density at radius 3 is 1.63 bits per heavy atom. The van der Waals surface area contributed by atoms with Crippen molar-refractivity contribution in [3.63, 3.8) is 0 Å². The summed E-state index contributed by atoms with van der Waals surface area (Å²) in [5.74, 6) is 13.2. The molecule has 12 rings (SSSR count). The highest BCUT2D eigenvalue weighted by molar-refractivity contribution is 8.24. The topological polar surface area (TPSA) is 355 Å². The molecule has 1 atom stereocenters. The molecule has 0 saturated carbocycles. The first kappa shape index (κ1) is 72.0. The molecule has 11 aromatic rings. The van der Waals surface area contributed by atoms with Crippen LogP contribution in [0.3, 0.4) is 0 Å². The van der Waals surface area contributed by atoms with E-state index in [4.69, 9.17) is 33.6 Å². The minimum absolute atomic E-state index is 0.0620. The molecule has 7 aromatic carbocycles. The van der Waals surface area contributed by atoms with Crippen LogP contribution in [-0.4, -0.2) is 64.0 Å². The molecule has 0 fully saturated rings. The van der Waals surface area contributed by atoms with Gasteiger partial charge < -0.3 is 36.5 Å². The lowest BCUT2D eigenvalue weighted by Gasteiger charge is -2.12. The van der Waals surface area contributed by atoms with E-state index in [0.29, 0.717) is 54.4 Å². The second kappa shape index (κ2) is 34.8. The normalized spacial score (nSPS) is 11.3. The molecule has 1 unspecified atom stereocenters. The number of aromatic nitrogens is 8. The highest BCUT2D eigenvalue weighted by atomic mass is 36.0. The van der Waals surface area contributed by atoms with Crippen molar-refractivity contribution in [2.45, 2.75) is 74.7 Å². The molecular formula is C64H74Cl4N15O6P. The lowest BCUT2D eigenvalue weighted by molar-refractivity contribution is -0.151. The van der Waals surface area contributed by atoms with Gasteiger partial charge in [0.25, 0.3) is 5.56 Å². The van der Waals surface area contributed by atoms with Gasteiger partial charge in [-0.3, -0.25) is 46.0 Å². The number of esters is 1. The molecule has 0 radical (unpaired) electrons. The lowest BCUT2D eigenvalue weighted by atomic mass is 9.96. The van der Waals surface area contributed by atoms with E-state index in [1.807, 2.05) is 187 Å². The summed E-state index contributed by atoms with van der Waals surface area (Å²) in [6.07, 6.45) is 1.56. The number of carbonyl (C=O) groups excluding carboxylic acids is 3. The Balaban J connectivity index is 0.000000198. The third kappa shape index (κ3) is 21.5. The number of hydrogen-bond donors (Lipinski definition) is 11. The number of amides is 1. The molecule has 4 aromatic heterocycles. The molecule has 0 saturated heterocycles. The van der Waals surface area contributed by atoms with E-state index in [1.165, 1.54) is 17.2 Å². The van der Waals surface area contributed by atoms with Crippen LogP contribution in [0.1, 0.15) is 69.6 Å². The summed E-state index contributed by atoms with van der Waals surface area (Å²) < 4.78 is 15.9. The number of H-pyrrole nitrogens is 4. The van der Waals surface area contributed by atoms with Crippen LogP contribution in [0, 0.1) is 47.5 Å². The number of aryl methyl sites for hydroxylation is 6. The summed E-state index contributed by atoms with van der Waals surface area (Å²) >= 11 is 19.5. The lowest BCUT2D eigenvalue weighted by Crippen LogP contribution is -2.26. The Bertz CT molecular complexity index is 4230. The van der Waals surface area contributed by atoms with Gasteiger partial charge >= 0.3 is 11.2 Å². The fraction of sp³-hybridized carbons (Fsp3) is 0.203. The number of fused-ring (bicyclic) bond motifs is 4. The SMILES string of the molecule is CCOC(=O)C(Cc1ccccc1)C(C)=O.Cc1[nH]n(-c2nc3c(C)cccc3[nH]2)c(=O)c1Cc1ccccc1.Cc1cccc(N)c1N.Cc1cccc2[nH]c(Cl)nc12.Cc1cccc2[nH]c(NN)nc12.Cc1cccc2c1CC(=O)N2.NN.O=P(Cl)(Cl)Cl. The number of Topliss-reactive ketones (excluding diaryl/α,β-unsaturated/α-hetero) is 1. The third-order valence-corrected chi connectivity index (χ3v) is 13.8. The zero-order valence-electron chi connectivity index (χ0n) is 50.9. The summed E-state index contributed by atoms with van der Waals surface area (Å²) in [6.45, 7) is 15.4. The predicted octanol–water partition coefficient (Wildman–Crippen LogP) is 13.2. The Labute approximate surface area is 540 Å². The average Bonchev–Trinajstić information content (AvgIpc) is 1.81. The smallest absolute Gasteiger partial charge is 0.339 e. The van der Waals surface area contributed by atoms with E-state index in [1.54, 1.807) is 13.0 Å². The van der Waals surface area contributed by atoms with Gasteiger partial charge in [0.1, 0.15) is 11.7 Å². The summed E-state index contributed by atoms with van der Waals surface area (Å²) in [5.41, 5.74) is 32.0. The summed E-state index contributed by atoms with van der Waals surface area (Å²) in [5, 5.41) is 3.17. The number of para-hydroxylation sites is 4. The maximum atomic E-state index is 12.8. The first-order valence-electron chi connectivity index (χ1n) is 27.9. The number of benzene rings is 7. The van der Waals surface area contributed by atoms with Gasteiger partial charge in [-0.15, -0.1) is 0 Å². The molecule has 0 bridgehead atoms. The van der Waals surface area contributed by atoms with Crippen molar-refractivity contribution in [3.05, 3.63) is 223 Å². The van der Waals surface area contributed by atoms with Crippen molar-refractivity contribution in [1.82, 2.24) is 39.7 Å². The average molecular weight is 1320 g/mol. The van der Waals surface area contributed by atoms with Crippen molar-refractivity contribution in [2.75, 3.05) is 28.8 Å². The number of rotatable bonds is 9. The van der Waals surface area contributed by atoms with Gasteiger partial charge in [0.05, 0.1) is 57.5 Å². The molecule has 16 N–H and O–H groups in total. The molecule has 21 nitrogen and oxygen atoms in total. The molecule has 1 aliphatic heterocycles. The molecule has 5 heterocycles. The number of halogens is 4. The number of nitrogens with two attached hydrogens (primary N) is 5. The monoisotopic (exact) mass is 1320 g/mol. The molecular weight excluding hydrogens is 1250 g/mol. The van der Waals surface area contributed by atoms with Crippen molar-refractivity contribution in [1.29, 1.82) is 0 Å². The molecule has 474 valence electrons. The molecule has 90 heavy (non-hydrogen) atoms. The van der Waals surface area contributed by atoms with Gasteiger partial charge in [0.2, 0.25) is 23.1 Å². The molecule has 1 amide bonds. The van der Waals surface area contributed by atoms with E-state index in [2.05, 4.69) is 91.2 Å². The van der Waals surface area contributed by atoms with Crippen LogP contribution in [0.2, 0.25) is 5.28 Å². The fourth-order valence-electron chi connectivity index (χ4n) is 8.99. The van der Waals surface area contributed by atoms with Gasteiger partial charge in [-0.2, -0.15) is 4.68 Å². The quantitative estimate of drug-likeness (QED) is 0.0160. The number of carbonyl (C=O) groups is 3. The van der Waals surface area contributed by atoms with Crippen LogP contribution in [0.15, 0.2) is 156 Å². The number of ether oxygens (including phenoxy) is 1. The van der Waals surface area contributed by atoms with E-state index in [0.717, 1.165) is 89.0 Å². The van der Waals surface area contributed by atoms with E-state index >= 15 is 0 Å². The Morgan fingerprint density at radius 2 is 1.14 bits per heavy atom. The Morgan fingerprint density at radius 1 is 0.656 bits per heavy atom. The van der Waals surface area contributed by atoms with Crippen LogP contribution in [0.25, 0.3) is 39.0 Å². The zero-order chi connectivity index (χ0) is 66.2. The summed E-state index contributed by atoms with van der Waals surface area (Å²) in [4.78, 5) is 68.8. The summed E-state index contributed by atoms with van der Waals surface area (Å²) in [7, 11) is 0. The largest absolute Gasteiger partial charge is 0.465 e. The van der Waals surface area contributed by atoms with Gasteiger partial charge in [-0.25, -0.2) is 20.8 Å². The Kier molecular flexibility index (Phi) is 27.9. The molecule has 26 heteroatoms.